The quantitative estimate of drug-likeness (QED) is 0.769. The van der Waals surface area contributed by atoms with Gasteiger partial charge in [-0.25, -0.2) is 0 Å². The molecule has 0 radical (unpaired) electrons. The van der Waals surface area contributed by atoms with Crippen LogP contribution in [-0.4, -0.2) is 28.6 Å². The maximum Gasteiger partial charge on any atom is 0.267 e. The van der Waals surface area contributed by atoms with Gasteiger partial charge in [-0.05, 0) is 30.9 Å². The van der Waals surface area contributed by atoms with E-state index in [9.17, 15) is 9.90 Å². The van der Waals surface area contributed by atoms with Crippen molar-refractivity contribution in [3.63, 3.8) is 0 Å². The van der Waals surface area contributed by atoms with Crippen LogP contribution in [0.4, 0.5) is 0 Å². The largest absolute Gasteiger partial charge is 0.393 e. The van der Waals surface area contributed by atoms with Crippen LogP contribution in [0.3, 0.4) is 0 Å². The molecule has 0 spiro atoms. The summed E-state index contributed by atoms with van der Waals surface area (Å²) in [5, 5.41) is 13.1. The molecule has 18 heavy (non-hydrogen) atoms. The maximum absolute atomic E-state index is 11.9. The molecule has 0 atom stereocenters. The van der Waals surface area contributed by atoms with Gasteiger partial charge in [0.25, 0.3) is 5.91 Å². The zero-order chi connectivity index (χ0) is 12.5. The topological polar surface area (TPSA) is 65.1 Å². The van der Waals surface area contributed by atoms with E-state index >= 15 is 0 Å². The Kier molecular flexibility index (Phi) is 2.80. The van der Waals surface area contributed by atoms with Crippen LogP contribution >= 0.6 is 0 Å². The van der Waals surface area contributed by atoms with Crippen LogP contribution in [0.5, 0.6) is 0 Å². The van der Waals surface area contributed by atoms with E-state index in [0.717, 1.165) is 23.7 Å². The van der Waals surface area contributed by atoms with Crippen molar-refractivity contribution < 1.29 is 9.90 Å². The first-order valence-corrected chi connectivity index (χ1v) is 6.26. The fourth-order valence-corrected chi connectivity index (χ4v) is 2.40. The van der Waals surface area contributed by atoms with Gasteiger partial charge in [0.15, 0.2) is 0 Å². The van der Waals surface area contributed by atoms with Crippen LogP contribution in [0.1, 0.15) is 23.3 Å². The Labute approximate surface area is 105 Å². The molecular weight excluding hydrogens is 228 g/mol. The Morgan fingerprint density at radius 3 is 2.89 bits per heavy atom. The molecule has 1 aromatic heterocycles. The minimum Gasteiger partial charge on any atom is -0.393 e. The number of H-pyrrole nitrogens is 1. The number of fused-ring (bicyclic) bond motifs is 1. The van der Waals surface area contributed by atoms with E-state index in [0.29, 0.717) is 18.2 Å². The number of carbonyl (C=O) groups is 1. The third-order valence-corrected chi connectivity index (χ3v) is 3.54. The molecule has 0 unspecified atom stereocenters. The Balaban J connectivity index is 1.64. The van der Waals surface area contributed by atoms with Gasteiger partial charge in [0.05, 0.1) is 6.10 Å². The second kappa shape index (κ2) is 4.46. The number of amides is 1. The molecule has 3 rings (SSSR count). The first-order valence-electron chi connectivity index (χ1n) is 6.26. The number of aliphatic hydroxyl groups excluding tert-OH is 1. The average Bonchev–Trinajstić information content (AvgIpc) is 2.76. The molecular formula is C14H16N2O2. The zero-order valence-electron chi connectivity index (χ0n) is 10.0. The number of aliphatic hydroxyl groups is 1. The summed E-state index contributed by atoms with van der Waals surface area (Å²) in [6.07, 6.45) is 1.43. The molecule has 3 N–H and O–H groups in total. The number of hydrogen-bond donors (Lipinski definition) is 3. The lowest BCUT2D eigenvalue weighted by Crippen LogP contribution is -2.38. The van der Waals surface area contributed by atoms with Crippen molar-refractivity contribution in [1.82, 2.24) is 10.3 Å². The van der Waals surface area contributed by atoms with Gasteiger partial charge in [-0.3, -0.25) is 4.79 Å². The Morgan fingerprint density at radius 1 is 1.39 bits per heavy atom. The number of carbonyl (C=O) groups excluding carboxylic acids is 1. The van der Waals surface area contributed by atoms with E-state index in [2.05, 4.69) is 10.3 Å². The van der Waals surface area contributed by atoms with E-state index in [1.165, 1.54) is 0 Å². The lowest BCUT2D eigenvalue weighted by atomic mass is 9.82. The van der Waals surface area contributed by atoms with Crippen molar-refractivity contribution in [3.05, 3.63) is 36.0 Å². The molecule has 1 aliphatic rings. The fourth-order valence-electron chi connectivity index (χ4n) is 2.40. The van der Waals surface area contributed by atoms with Gasteiger partial charge in [0.1, 0.15) is 5.69 Å². The summed E-state index contributed by atoms with van der Waals surface area (Å²) in [7, 11) is 0. The highest BCUT2D eigenvalue weighted by atomic mass is 16.3. The molecule has 1 fully saturated rings. The number of rotatable bonds is 3. The van der Waals surface area contributed by atoms with Crippen LogP contribution in [-0.2, 0) is 0 Å². The molecule has 1 heterocycles. The predicted octanol–water partition coefficient (Wildman–Crippen LogP) is 1.67. The number of nitrogens with one attached hydrogen (secondary N) is 2. The van der Waals surface area contributed by atoms with Gasteiger partial charge in [0, 0.05) is 17.4 Å². The summed E-state index contributed by atoms with van der Waals surface area (Å²) < 4.78 is 0. The molecule has 0 bridgehead atoms. The van der Waals surface area contributed by atoms with E-state index in [1.807, 2.05) is 30.3 Å². The lowest BCUT2D eigenvalue weighted by molar-refractivity contribution is 0.0420. The van der Waals surface area contributed by atoms with Crippen LogP contribution < -0.4 is 5.32 Å². The lowest BCUT2D eigenvalue weighted by Gasteiger charge is -2.31. The van der Waals surface area contributed by atoms with Crippen molar-refractivity contribution in [2.24, 2.45) is 5.92 Å². The van der Waals surface area contributed by atoms with Crippen LogP contribution in [0, 0.1) is 5.92 Å². The average molecular weight is 244 g/mol. The monoisotopic (exact) mass is 244 g/mol. The van der Waals surface area contributed by atoms with Crippen molar-refractivity contribution in [2.75, 3.05) is 6.54 Å². The minimum absolute atomic E-state index is 0.0763. The number of hydrogen-bond acceptors (Lipinski definition) is 2. The standard InChI is InChI=1S/C14H16N2O2/c17-11-5-9(6-11)8-15-14(18)13-7-10-3-1-2-4-12(10)16-13/h1-4,7,9,11,16-17H,5-6,8H2,(H,15,18). The second-order valence-corrected chi connectivity index (χ2v) is 4.97. The molecule has 4 heteroatoms. The van der Waals surface area contributed by atoms with Crippen LogP contribution in [0.15, 0.2) is 30.3 Å². The third kappa shape index (κ3) is 2.11. The highest BCUT2D eigenvalue weighted by Gasteiger charge is 2.27. The van der Waals surface area contributed by atoms with E-state index in [-0.39, 0.29) is 12.0 Å². The van der Waals surface area contributed by atoms with E-state index < -0.39 is 0 Å². The molecule has 2 aromatic rings. The van der Waals surface area contributed by atoms with Crippen LogP contribution in [0.2, 0.25) is 0 Å². The Bertz CT molecular complexity index is 537. The van der Waals surface area contributed by atoms with Gasteiger partial charge in [-0.15, -0.1) is 0 Å². The summed E-state index contributed by atoms with van der Waals surface area (Å²) >= 11 is 0. The van der Waals surface area contributed by atoms with Gasteiger partial charge in [-0.1, -0.05) is 18.2 Å². The first kappa shape index (κ1) is 11.3. The summed E-state index contributed by atoms with van der Waals surface area (Å²) in [6.45, 7) is 0.644. The number of aromatic nitrogens is 1. The Morgan fingerprint density at radius 2 is 2.17 bits per heavy atom. The molecule has 0 saturated heterocycles. The molecule has 4 nitrogen and oxygen atoms in total. The highest BCUT2D eigenvalue weighted by Crippen LogP contribution is 2.26. The summed E-state index contributed by atoms with van der Waals surface area (Å²) in [5.41, 5.74) is 1.57. The van der Waals surface area contributed by atoms with Crippen molar-refractivity contribution in [2.45, 2.75) is 18.9 Å². The van der Waals surface area contributed by atoms with Gasteiger partial charge >= 0.3 is 0 Å². The maximum atomic E-state index is 11.9. The molecule has 0 aliphatic heterocycles. The summed E-state index contributed by atoms with van der Waals surface area (Å²) in [4.78, 5) is 15.0. The van der Waals surface area contributed by atoms with E-state index in [4.69, 9.17) is 0 Å². The smallest absolute Gasteiger partial charge is 0.267 e. The van der Waals surface area contributed by atoms with E-state index in [1.54, 1.807) is 0 Å². The van der Waals surface area contributed by atoms with Crippen molar-refractivity contribution in [1.29, 1.82) is 0 Å². The van der Waals surface area contributed by atoms with Crippen LogP contribution in [0.25, 0.3) is 10.9 Å². The second-order valence-electron chi connectivity index (χ2n) is 4.97. The number of aromatic amines is 1. The zero-order valence-corrected chi connectivity index (χ0v) is 10.0. The summed E-state index contributed by atoms with van der Waals surface area (Å²) in [6, 6.07) is 9.68. The normalized spacial score (nSPS) is 22.7. The molecule has 1 aliphatic carbocycles. The fraction of sp³-hybridized carbons (Fsp3) is 0.357. The third-order valence-electron chi connectivity index (χ3n) is 3.54. The Hall–Kier alpha value is -1.81. The van der Waals surface area contributed by atoms with Gasteiger partial charge in [-0.2, -0.15) is 0 Å². The van der Waals surface area contributed by atoms with Gasteiger partial charge < -0.3 is 15.4 Å². The highest BCUT2D eigenvalue weighted by molar-refractivity contribution is 5.97. The number of benzene rings is 1. The first-order chi connectivity index (χ1) is 8.72. The molecule has 1 saturated carbocycles. The molecule has 1 amide bonds. The predicted molar refractivity (Wildman–Crippen MR) is 69.4 cm³/mol. The minimum atomic E-state index is -0.167. The van der Waals surface area contributed by atoms with Gasteiger partial charge in [0.2, 0.25) is 0 Å². The number of para-hydroxylation sites is 1. The van der Waals surface area contributed by atoms with Crippen molar-refractivity contribution in [3.8, 4) is 0 Å². The SMILES string of the molecule is O=C(NCC1CC(O)C1)c1cc2ccccc2[nH]1. The van der Waals surface area contributed by atoms with Crippen molar-refractivity contribution >= 4 is 16.8 Å². The molecule has 1 aromatic carbocycles. The molecule has 94 valence electrons. The summed E-state index contributed by atoms with van der Waals surface area (Å²) in [5.74, 6) is 0.348.